The molecule has 0 spiro atoms. The van der Waals surface area contributed by atoms with Crippen LogP contribution < -0.4 is 10.6 Å². The number of amides is 2. The minimum absolute atomic E-state index is 0.124. The summed E-state index contributed by atoms with van der Waals surface area (Å²) in [6.07, 6.45) is 0.590. The molecular formula is C14H15N3O4. The fourth-order valence-electron chi connectivity index (χ4n) is 1.84. The number of aliphatic carboxylic acids is 1. The summed E-state index contributed by atoms with van der Waals surface area (Å²) in [5.41, 5.74) is 1.36. The standard InChI is InChI=1S/C14H15N3O4/c1-21-12(13(18)19)8-16-14(20)17-11-6-2-5-10-9(11)4-3-7-15-10/h2-7,12H,8H2,1H3,(H,18,19)(H2,16,17,20). The molecule has 110 valence electrons. The summed E-state index contributed by atoms with van der Waals surface area (Å²) in [5.74, 6) is -1.13. The summed E-state index contributed by atoms with van der Waals surface area (Å²) in [6, 6.07) is 8.47. The molecule has 7 heteroatoms. The molecule has 0 saturated carbocycles. The van der Waals surface area contributed by atoms with Gasteiger partial charge in [-0.3, -0.25) is 4.98 Å². The van der Waals surface area contributed by atoms with Gasteiger partial charge < -0.3 is 20.5 Å². The molecule has 2 aromatic rings. The Morgan fingerprint density at radius 2 is 2.14 bits per heavy atom. The third-order valence-electron chi connectivity index (χ3n) is 2.90. The lowest BCUT2D eigenvalue weighted by Gasteiger charge is -2.13. The number of carboxylic acids is 1. The van der Waals surface area contributed by atoms with Crippen molar-refractivity contribution in [1.29, 1.82) is 0 Å². The number of carboxylic acid groups (broad SMARTS) is 1. The Morgan fingerprint density at radius 1 is 1.33 bits per heavy atom. The van der Waals surface area contributed by atoms with Gasteiger partial charge in [0.05, 0.1) is 17.7 Å². The second-order valence-electron chi connectivity index (χ2n) is 4.27. The van der Waals surface area contributed by atoms with E-state index in [2.05, 4.69) is 15.6 Å². The van der Waals surface area contributed by atoms with Crippen LogP contribution in [-0.4, -0.2) is 41.8 Å². The maximum atomic E-state index is 11.8. The molecule has 21 heavy (non-hydrogen) atoms. The maximum absolute atomic E-state index is 11.8. The zero-order valence-corrected chi connectivity index (χ0v) is 11.4. The van der Waals surface area contributed by atoms with E-state index in [1.807, 2.05) is 12.1 Å². The molecule has 0 aliphatic rings. The number of ether oxygens (including phenoxy) is 1. The highest BCUT2D eigenvalue weighted by Gasteiger charge is 2.17. The van der Waals surface area contributed by atoms with Gasteiger partial charge in [0.1, 0.15) is 0 Å². The molecule has 2 rings (SSSR count). The Hall–Kier alpha value is -2.67. The Morgan fingerprint density at radius 3 is 2.86 bits per heavy atom. The van der Waals surface area contributed by atoms with Gasteiger partial charge in [-0.15, -0.1) is 0 Å². The van der Waals surface area contributed by atoms with Crippen molar-refractivity contribution in [3.05, 3.63) is 36.5 Å². The first-order valence-corrected chi connectivity index (χ1v) is 6.26. The molecule has 0 aliphatic carbocycles. The number of fused-ring (bicyclic) bond motifs is 1. The van der Waals surface area contributed by atoms with E-state index < -0.39 is 18.1 Å². The van der Waals surface area contributed by atoms with Gasteiger partial charge in [-0.25, -0.2) is 9.59 Å². The van der Waals surface area contributed by atoms with Crippen LogP contribution in [-0.2, 0) is 9.53 Å². The fourth-order valence-corrected chi connectivity index (χ4v) is 1.84. The van der Waals surface area contributed by atoms with Gasteiger partial charge in [-0.2, -0.15) is 0 Å². The molecular weight excluding hydrogens is 274 g/mol. The van der Waals surface area contributed by atoms with E-state index in [1.54, 1.807) is 24.4 Å². The van der Waals surface area contributed by atoms with E-state index in [4.69, 9.17) is 9.84 Å². The van der Waals surface area contributed by atoms with Gasteiger partial charge >= 0.3 is 12.0 Å². The number of nitrogens with zero attached hydrogens (tertiary/aromatic N) is 1. The van der Waals surface area contributed by atoms with Crippen molar-refractivity contribution in [1.82, 2.24) is 10.3 Å². The average molecular weight is 289 g/mol. The Kier molecular flexibility index (Phi) is 4.68. The summed E-state index contributed by atoms with van der Waals surface area (Å²) in [5, 5.41) is 14.7. The topological polar surface area (TPSA) is 101 Å². The third-order valence-corrected chi connectivity index (χ3v) is 2.90. The zero-order chi connectivity index (χ0) is 15.2. The molecule has 1 heterocycles. The van der Waals surface area contributed by atoms with Crippen molar-refractivity contribution in [2.24, 2.45) is 0 Å². The summed E-state index contributed by atoms with van der Waals surface area (Å²) in [6.45, 7) is -0.124. The number of hydrogen-bond donors (Lipinski definition) is 3. The van der Waals surface area contributed by atoms with Gasteiger partial charge in [0.15, 0.2) is 6.10 Å². The molecule has 7 nitrogen and oxygen atoms in total. The van der Waals surface area contributed by atoms with Crippen LogP contribution in [0.1, 0.15) is 0 Å². The lowest BCUT2D eigenvalue weighted by atomic mass is 10.2. The minimum Gasteiger partial charge on any atom is -0.479 e. The first-order chi connectivity index (χ1) is 10.1. The van der Waals surface area contributed by atoms with Gasteiger partial charge in [-0.05, 0) is 24.3 Å². The minimum atomic E-state index is -1.13. The average Bonchev–Trinajstić information content (AvgIpc) is 2.48. The number of hydrogen-bond acceptors (Lipinski definition) is 4. The highest BCUT2D eigenvalue weighted by Crippen LogP contribution is 2.20. The van der Waals surface area contributed by atoms with E-state index in [0.29, 0.717) is 5.69 Å². The van der Waals surface area contributed by atoms with Crippen LogP contribution in [0.3, 0.4) is 0 Å². The van der Waals surface area contributed by atoms with Crippen LogP contribution in [0, 0.1) is 0 Å². The molecule has 0 aliphatic heterocycles. The Bertz CT molecular complexity index is 654. The number of aromatic nitrogens is 1. The normalized spacial score (nSPS) is 11.9. The lowest BCUT2D eigenvalue weighted by molar-refractivity contribution is -0.147. The van der Waals surface area contributed by atoms with E-state index in [9.17, 15) is 9.59 Å². The monoisotopic (exact) mass is 289 g/mol. The number of benzene rings is 1. The predicted octanol–water partition coefficient (Wildman–Crippen LogP) is 1.46. The van der Waals surface area contributed by atoms with Crippen molar-refractivity contribution in [3.63, 3.8) is 0 Å². The summed E-state index contributed by atoms with van der Waals surface area (Å²) in [7, 11) is 1.27. The van der Waals surface area contributed by atoms with E-state index in [0.717, 1.165) is 10.9 Å². The van der Waals surface area contributed by atoms with Crippen molar-refractivity contribution in [2.45, 2.75) is 6.10 Å². The highest BCUT2D eigenvalue weighted by atomic mass is 16.5. The number of rotatable bonds is 5. The highest BCUT2D eigenvalue weighted by molar-refractivity contribution is 6.00. The molecule has 0 bridgehead atoms. The molecule has 1 atom stereocenters. The van der Waals surface area contributed by atoms with Crippen molar-refractivity contribution in [2.75, 3.05) is 19.0 Å². The molecule has 0 saturated heterocycles. The van der Waals surface area contributed by atoms with Gasteiger partial charge in [0, 0.05) is 18.7 Å². The molecule has 1 aromatic heterocycles. The third kappa shape index (κ3) is 3.67. The second kappa shape index (κ2) is 6.67. The molecule has 1 aromatic carbocycles. The van der Waals surface area contributed by atoms with Crippen LogP contribution in [0.4, 0.5) is 10.5 Å². The predicted molar refractivity (Wildman–Crippen MR) is 77.2 cm³/mol. The first kappa shape index (κ1) is 14.7. The number of methoxy groups -OCH3 is 1. The van der Waals surface area contributed by atoms with Crippen molar-refractivity contribution < 1.29 is 19.4 Å². The van der Waals surface area contributed by atoms with E-state index >= 15 is 0 Å². The van der Waals surface area contributed by atoms with Gasteiger partial charge in [0.2, 0.25) is 0 Å². The maximum Gasteiger partial charge on any atom is 0.334 e. The van der Waals surface area contributed by atoms with Crippen LogP contribution in [0.2, 0.25) is 0 Å². The van der Waals surface area contributed by atoms with Crippen molar-refractivity contribution >= 4 is 28.6 Å². The fraction of sp³-hybridized carbons (Fsp3) is 0.214. The molecule has 0 radical (unpaired) electrons. The lowest BCUT2D eigenvalue weighted by Crippen LogP contribution is -2.39. The van der Waals surface area contributed by atoms with E-state index in [-0.39, 0.29) is 6.54 Å². The second-order valence-corrected chi connectivity index (χ2v) is 4.27. The van der Waals surface area contributed by atoms with Gasteiger partial charge in [-0.1, -0.05) is 6.07 Å². The molecule has 0 fully saturated rings. The number of carbonyl (C=O) groups is 2. The Labute approximate surface area is 120 Å². The number of anilines is 1. The molecule has 3 N–H and O–H groups in total. The van der Waals surface area contributed by atoms with Gasteiger partial charge in [0.25, 0.3) is 0 Å². The number of carbonyl (C=O) groups excluding carboxylic acids is 1. The van der Waals surface area contributed by atoms with Crippen LogP contribution in [0.15, 0.2) is 36.5 Å². The summed E-state index contributed by atoms with van der Waals surface area (Å²) < 4.78 is 4.73. The van der Waals surface area contributed by atoms with Crippen molar-refractivity contribution in [3.8, 4) is 0 Å². The SMILES string of the molecule is COC(CNC(=O)Nc1cccc2ncccc12)C(=O)O. The van der Waals surface area contributed by atoms with E-state index in [1.165, 1.54) is 7.11 Å². The van der Waals surface area contributed by atoms with Crippen LogP contribution in [0.25, 0.3) is 10.9 Å². The molecule has 2 amide bonds. The largest absolute Gasteiger partial charge is 0.479 e. The van der Waals surface area contributed by atoms with Crippen LogP contribution in [0.5, 0.6) is 0 Å². The number of urea groups is 1. The quantitative estimate of drug-likeness (QED) is 0.773. The number of pyridine rings is 1. The molecule has 1 unspecified atom stereocenters. The first-order valence-electron chi connectivity index (χ1n) is 6.26. The Balaban J connectivity index is 2.03. The van der Waals surface area contributed by atoms with Crippen LogP contribution >= 0.6 is 0 Å². The summed E-state index contributed by atoms with van der Waals surface area (Å²) >= 11 is 0. The zero-order valence-electron chi connectivity index (χ0n) is 11.4. The number of nitrogens with one attached hydrogen (secondary N) is 2. The summed E-state index contributed by atoms with van der Waals surface area (Å²) in [4.78, 5) is 26.8. The smallest absolute Gasteiger partial charge is 0.334 e.